The number of ether oxygens (including phenoxy) is 2. The van der Waals surface area contributed by atoms with Crippen LogP contribution in [0.2, 0.25) is 0 Å². The molecule has 0 bridgehead atoms. The number of para-hydroxylation sites is 1. The van der Waals surface area contributed by atoms with Crippen molar-refractivity contribution >= 4 is 0 Å². The molecule has 0 saturated heterocycles. The number of nitrogens with zero attached hydrogens (tertiary/aromatic N) is 1. The molecule has 0 aliphatic rings. The minimum Gasteiger partial charge on any atom is -0.491 e. The smallest absolute Gasteiger partial charge is 0.123 e. The van der Waals surface area contributed by atoms with Crippen LogP contribution in [0.25, 0.3) is 0 Å². The second-order valence-corrected chi connectivity index (χ2v) is 5.11. The van der Waals surface area contributed by atoms with Gasteiger partial charge in [-0.25, -0.2) is 0 Å². The Morgan fingerprint density at radius 3 is 2.38 bits per heavy atom. The molecule has 21 heavy (non-hydrogen) atoms. The van der Waals surface area contributed by atoms with Crippen LogP contribution in [0, 0.1) is 0 Å². The van der Waals surface area contributed by atoms with Gasteiger partial charge in [0.15, 0.2) is 0 Å². The van der Waals surface area contributed by atoms with Gasteiger partial charge < -0.3 is 30.3 Å². The summed E-state index contributed by atoms with van der Waals surface area (Å²) < 4.78 is 10.5. The Morgan fingerprint density at radius 2 is 1.76 bits per heavy atom. The van der Waals surface area contributed by atoms with Crippen molar-refractivity contribution in [3.63, 3.8) is 0 Å². The van der Waals surface area contributed by atoms with Gasteiger partial charge in [-0.3, -0.25) is 0 Å². The molecule has 2 atom stereocenters. The number of benzene rings is 1. The lowest BCUT2D eigenvalue weighted by Crippen LogP contribution is -2.38. The highest BCUT2D eigenvalue weighted by Gasteiger charge is 2.13. The van der Waals surface area contributed by atoms with E-state index in [9.17, 15) is 10.2 Å². The first-order chi connectivity index (χ1) is 10.1. The number of rotatable bonds is 10. The van der Waals surface area contributed by atoms with E-state index in [0.717, 1.165) is 5.56 Å². The maximum Gasteiger partial charge on any atom is 0.123 e. The molecule has 0 amide bonds. The van der Waals surface area contributed by atoms with E-state index in [-0.39, 0.29) is 13.2 Å². The first-order valence-corrected chi connectivity index (χ1v) is 7.01. The van der Waals surface area contributed by atoms with Crippen molar-refractivity contribution in [2.45, 2.75) is 18.8 Å². The fourth-order valence-corrected chi connectivity index (χ4v) is 2.09. The third-order valence-corrected chi connectivity index (χ3v) is 3.03. The van der Waals surface area contributed by atoms with E-state index in [0.29, 0.717) is 25.4 Å². The Balaban J connectivity index is 2.35. The predicted octanol–water partition coefficient (Wildman–Crippen LogP) is -0.176. The molecular weight excluding hydrogens is 272 g/mol. The molecule has 1 aromatic carbocycles. The SMILES string of the molecule is COCC(O)CN(C)CC(O)COc1ccccc1CN. The Kier molecular flexibility index (Phi) is 8.26. The molecule has 0 heterocycles. The lowest BCUT2D eigenvalue weighted by molar-refractivity contribution is 0.0242. The molecule has 6 heteroatoms. The molecule has 0 aliphatic heterocycles. The standard InChI is InChI=1S/C15H26N2O4/c1-17(8-13(18)10-20-2)9-14(19)11-21-15-6-4-3-5-12(15)7-16/h3-6,13-14,18-19H,7-11,16H2,1-2H3. The quantitative estimate of drug-likeness (QED) is 0.555. The van der Waals surface area contributed by atoms with Crippen LogP contribution in [0.3, 0.4) is 0 Å². The topological polar surface area (TPSA) is 88.2 Å². The maximum absolute atomic E-state index is 9.98. The zero-order valence-electron chi connectivity index (χ0n) is 12.7. The third-order valence-electron chi connectivity index (χ3n) is 3.03. The van der Waals surface area contributed by atoms with E-state index < -0.39 is 12.2 Å². The Morgan fingerprint density at radius 1 is 1.14 bits per heavy atom. The molecule has 0 spiro atoms. The second-order valence-electron chi connectivity index (χ2n) is 5.11. The number of likely N-dealkylation sites (N-methyl/N-ethyl adjacent to an activating group) is 1. The van der Waals surface area contributed by atoms with Crippen LogP contribution in [0.1, 0.15) is 5.56 Å². The summed E-state index contributed by atoms with van der Waals surface area (Å²) in [6.07, 6.45) is -1.21. The van der Waals surface area contributed by atoms with E-state index >= 15 is 0 Å². The number of hydrogen-bond donors (Lipinski definition) is 3. The first-order valence-electron chi connectivity index (χ1n) is 7.01. The molecule has 0 aliphatic carbocycles. The maximum atomic E-state index is 9.98. The fraction of sp³-hybridized carbons (Fsp3) is 0.600. The van der Waals surface area contributed by atoms with Crippen molar-refractivity contribution < 1.29 is 19.7 Å². The summed E-state index contributed by atoms with van der Waals surface area (Å²) in [5.41, 5.74) is 6.54. The van der Waals surface area contributed by atoms with Gasteiger partial charge in [-0.15, -0.1) is 0 Å². The Labute approximate surface area is 126 Å². The van der Waals surface area contributed by atoms with Gasteiger partial charge in [0.2, 0.25) is 0 Å². The van der Waals surface area contributed by atoms with Crippen LogP contribution in [-0.2, 0) is 11.3 Å². The monoisotopic (exact) mass is 298 g/mol. The summed E-state index contributed by atoms with van der Waals surface area (Å²) in [7, 11) is 3.37. The van der Waals surface area contributed by atoms with Gasteiger partial charge in [0, 0.05) is 32.3 Å². The molecule has 0 aromatic heterocycles. The van der Waals surface area contributed by atoms with Crippen molar-refractivity contribution in [3.05, 3.63) is 29.8 Å². The summed E-state index contributed by atoms with van der Waals surface area (Å²) >= 11 is 0. The van der Waals surface area contributed by atoms with Crippen LogP contribution < -0.4 is 10.5 Å². The van der Waals surface area contributed by atoms with Gasteiger partial charge in [-0.1, -0.05) is 18.2 Å². The highest BCUT2D eigenvalue weighted by atomic mass is 16.5. The number of nitrogens with two attached hydrogens (primary N) is 1. The summed E-state index contributed by atoms with van der Waals surface area (Å²) in [6, 6.07) is 7.50. The van der Waals surface area contributed by atoms with Crippen molar-refractivity contribution in [1.82, 2.24) is 4.90 Å². The van der Waals surface area contributed by atoms with Crippen LogP contribution >= 0.6 is 0 Å². The zero-order valence-corrected chi connectivity index (χ0v) is 12.7. The molecule has 120 valence electrons. The zero-order chi connectivity index (χ0) is 15.7. The lowest BCUT2D eigenvalue weighted by Gasteiger charge is -2.23. The molecule has 0 saturated carbocycles. The number of hydrogen-bond acceptors (Lipinski definition) is 6. The lowest BCUT2D eigenvalue weighted by atomic mass is 10.2. The third kappa shape index (κ3) is 6.88. The van der Waals surface area contributed by atoms with Gasteiger partial charge in [0.05, 0.1) is 12.7 Å². The minimum atomic E-state index is -0.643. The number of aliphatic hydroxyl groups is 2. The van der Waals surface area contributed by atoms with Gasteiger partial charge >= 0.3 is 0 Å². The largest absolute Gasteiger partial charge is 0.491 e. The molecule has 1 rings (SSSR count). The Hall–Kier alpha value is -1.18. The molecule has 1 aromatic rings. The van der Waals surface area contributed by atoms with Crippen molar-refractivity contribution in [1.29, 1.82) is 0 Å². The molecular formula is C15H26N2O4. The summed E-state index contributed by atoms with van der Waals surface area (Å²) in [5.74, 6) is 0.695. The van der Waals surface area contributed by atoms with Crippen molar-refractivity contribution in [2.24, 2.45) is 5.73 Å². The molecule has 0 fully saturated rings. The van der Waals surface area contributed by atoms with Crippen LogP contribution in [0.15, 0.2) is 24.3 Å². The van der Waals surface area contributed by atoms with E-state index in [2.05, 4.69) is 0 Å². The van der Waals surface area contributed by atoms with Crippen LogP contribution in [-0.4, -0.2) is 67.8 Å². The second kappa shape index (κ2) is 9.70. The van der Waals surface area contributed by atoms with E-state index in [1.165, 1.54) is 0 Å². The number of methoxy groups -OCH3 is 1. The summed E-state index contributed by atoms with van der Waals surface area (Å²) in [4.78, 5) is 1.84. The van der Waals surface area contributed by atoms with Crippen molar-refractivity contribution in [2.75, 3.05) is 40.5 Å². The predicted molar refractivity (Wildman–Crippen MR) is 81.2 cm³/mol. The summed E-state index contributed by atoms with van der Waals surface area (Å²) in [5, 5.41) is 19.6. The van der Waals surface area contributed by atoms with E-state index in [1.54, 1.807) is 7.11 Å². The van der Waals surface area contributed by atoms with E-state index in [4.69, 9.17) is 15.2 Å². The summed E-state index contributed by atoms with van der Waals surface area (Å²) in [6.45, 7) is 1.70. The van der Waals surface area contributed by atoms with Gasteiger partial charge in [0.1, 0.15) is 18.5 Å². The highest BCUT2D eigenvalue weighted by molar-refractivity contribution is 5.32. The number of aliphatic hydroxyl groups excluding tert-OH is 2. The molecule has 4 N–H and O–H groups in total. The molecule has 0 radical (unpaired) electrons. The average molecular weight is 298 g/mol. The average Bonchev–Trinajstić information content (AvgIpc) is 2.45. The van der Waals surface area contributed by atoms with Crippen LogP contribution in [0.5, 0.6) is 5.75 Å². The van der Waals surface area contributed by atoms with E-state index in [1.807, 2.05) is 36.2 Å². The van der Waals surface area contributed by atoms with Gasteiger partial charge in [-0.05, 0) is 13.1 Å². The van der Waals surface area contributed by atoms with Gasteiger partial charge in [0.25, 0.3) is 0 Å². The minimum absolute atomic E-state index is 0.182. The fourth-order valence-electron chi connectivity index (χ4n) is 2.09. The first kappa shape index (κ1) is 17.9. The molecule has 2 unspecified atom stereocenters. The molecule has 6 nitrogen and oxygen atoms in total. The normalized spacial score (nSPS) is 14.2. The van der Waals surface area contributed by atoms with Crippen LogP contribution in [0.4, 0.5) is 0 Å². The van der Waals surface area contributed by atoms with Crippen molar-refractivity contribution in [3.8, 4) is 5.75 Å². The van der Waals surface area contributed by atoms with Gasteiger partial charge in [-0.2, -0.15) is 0 Å². The highest BCUT2D eigenvalue weighted by Crippen LogP contribution is 2.17. The Bertz CT molecular complexity index is 403.